The van der Waals surface area contributed by atoms with Gasteiger partial charge in [-0.05, 0) is 6.92 Å². The van der Waals surface area contributed by atoms with Crippen molar-refractivity contribution < 1.29 is 9.53 Å². The molecule has 0 aliphatic carbocycles. The lowest BCUT2D eigenvalue weighted by molar-refractivity contribution is -0.144. The van der Waals surface area contributed by atoms with Crippen molar-refractivity contribution in [2.24, 2.45) is 0 Å². The van der Waals surface area contributed by atoms with Crippen molar-refractivity contribution in [3.63, 3.8) is 0 Å². The van der Waals surface area contributed by atoms with Crippen molar-refractivity contribution >= 4 is 40.8 Å². The van der Waals surface area contributed by atoms with Gasteiger partial charge in [-0.3, -0.25) is 0 Å². The molecule has 1 aromatic rings. The number of hydrogen-bond donors (Lipinski definition) is 0. The number of imidazole rings is 1. The number of nitrogens with zero attached hydrogens (tertiary/aromatic N) is 2. The number of esters is 1. The van der Waals surface area contributed by atoms with Gasteiger partial charge in [-0.25, -0.2) is 9.78 Å². The van der Waals surface area contributed by atoms with Crippen LogP contribution in [0.1, 0.15) is 18.8 Å². The maximum atomic E-state index is 11.3. The molecular weight excluding hydrogens is 262 g/mol. The van der Waals surface area contributed by atoms with Gasteiger partial charge in [-0.1, -0.05) is 34.8 Å². The number of methoxy groups -OCH3 is 1. The largest absolute Gasteiger partial charge is 0.467 e. The molecule has 0 radical (unpaired) electrons. The first-order valence-corrected chi connectivity index (χ1v) is 5.19. The molecular formula is C8H9Cl3N2O2. The van der Waals surface area contributed by atoms with Crippen LogP contribution in [0.25, 0.3) is 0 Å². The number of carbonyl (C=O) groups is 1. The van der Waals surface area contributed by atoms with E-state index in [9.17, 15) is 4.79 Å². The van der Waals surface area contributed by atoms with E-state index >= 15 is 0 Å². The third-order valence-corrected chi connectivity index (χ3v) is 2.39. The zero-order chi connectivity index (χ0) is 11.6. The Morgan fingerprint density at radius 1 is 1.60 bits per heavy atom. The second-order valence-corrected chi connectivity index (χ2v) is 5.14. The number of rotatable bonds is 2. The van der Waals surface area contributed by atoms with Gasteiger partial charge in [0.05, 0.1) is 7.11 Å². The highest BCUT2D eigenvalue weighted by Gasteiger charge is 2.31. The summed E-state index contributed by atoms with van der Waals surface area (Å²) in [4.78, 5) is 15.2. The van der Waals surface area contributed by atoms with Crippen LogP contribution in [0.15, 0.2) is 12.4 Å². The fourth-order valence-corrected chi connectivity index (χ4v) is 1.57. The molecule has 1 rings (SSSR count). The number of ether oxygens (including phenoxy) is 1. The molecule has 4 nitrogen and oxygen atoms in total. The molecule has 1 aromatic heterocycles. The summed E-state index contributed by atoms with van der Waals surface area (Å²) in [7, 11) is 1.30. The highest BCUT2D eigenvalue weighted by Crippen LogP contribution is 2.37. The van der Waals surface area contributed by atoms with Crippen LogP contribution in [0.5, 0.6) is 0 Å². The smallest absolute Gasteiger partial charge is 0.328 e. The van der Waals surface area contributed by atoms with Crippen molar-refractivity contribution in [3.8, 4) is 0 Å². The molecule has 0 aromatic carbocycles. The van der Waals surface area contributed by atoms with Crippen molar-refractivity contribution in [3.05, 3.63) is 18.2 Å². The molecule has 1 unspecified atom stereocenters. The quantitative estimate of drug-likeness (QED) is 0.613. The maximum absolute atomic E-state index is 11.3. The van der Waals surface area contributed by atoms with Crippen LogP contribution in [0.2, 0.25) is 0 Å². The average Bonchev–Trinajstić information content (AvgIpc) is 2.63. The van der Waals surface area contributed by atoms with Crippen LogP contribution >= 0.6 is 34.8 Å². The average molecular weight is 272 g/mol. The molecule has 1 atom stereocenters. The summed E-state index contributed by atoms with van der Waals surface area (Å²) in [5, 5.41) is 0. The SMILES string of the molecule is COC(=O)C(C)n1ccnc1C(Cl)(Cl)Cl. The molecule has 0 aliphatic rings. The van der Waals surface area contributed by atoms with Crippen LogP contribution < -0.4 is 0 Å². The lowest BCUT2D eigenvalue weighted by Crippen LogP contribution is -2.22. The molecule has 0 aliphatic heterocycles. The minimum absolute atomic E-state index is 0.186. The minimum Gasteiger partial charge on any atom is -0.467 e. The van der Waals surface area contributed by atoms with Gasteiger partial charge >= 0.3 is 5.97 Å². The van der Waals surface area contributed by atoms with E-state index in [2.05, 4.69) is 9.72 Å². The number of carbonyl (C=O) groups excluding carboxylic acids is 1. The molecule has 15 heavy (non-hydrogen) atoms. The predicted molar refractivity (Wildman–Crippen MR) is 58.2 cm³/mol. The lowest BCUT2D eigenvalue weighted by atomic mass is 10.3. The molecule has 84 valence electrons. The lowest BCUT2D eigenvalue weighted by Gasteiger charge is -2.17. The summed E-state index contributed by atoms with van der Waals surface area (Å²) in [6, 6.07) is -0.580. The van der Waals surface area contributed by atoms with E-state index in [-0.39, 0.29) is 5.82 Å². The molecule has 7 heteroatoms. The summed E-state index contributed by atoms with van der Waals surface area (Å²) in [5.41, 5.74) is 0. The van der Waals surface area contributed by atoms with Gasteiger partial charge in [0.1, 0.15) is 6.04 Å². The van der Waals surface area contributed by atoms with Gasteiger partial charge < -0.3 is 9.30 Å². The van der Waals surface area contributed by atoms with E-state index in [0.717, 1.165) is 0 Å². The maximum Gasteiger partial charge on any atom is 0.328 e. The zero-order valence-electron chi connectivity index (χ0n) is 8.08. The van der Waals surface area contributed by atoms with Crippen LogP contribution in [0.4, 0.5) is 0 Å². The third-order valence-electron chi connectivity index (χ3n) is 1.88. The Hall–Kier alpha value is -0.450. The Labute approximate surface area is 102 Å². The highest BCUT2D eigenvalue weighted by molar-refractivity contribution is 6.66. The third kappa shape index (κ3) is 2.77. The monoisotopic (exact) mass is 270 g/mol. The first kappa shape index (κ1) is 12.6. The van der Waals surface area contributed by atoms with E-state index in [4.69, 9.17) is 34.8 Å². The van der Waals surface area contributed by atoms with E-state index in [1.54, 1.807) is 13.1 Å². The molecule has 0 saturated carbocycles. The standard InChI is InChI=1S/C8H9Cl3N2O2/c1-5(6(14)15-2)13-4-3-12-7(13)8(9,10)11/h3-5H,1-2H3. The summed E-state index contributed by atoms with van der Waals surface area (Å²) in [6.07, 6.45) is 3.01. The van der Waals surface area contributed by atoms with Gasteiger partial charge in [0, 0.05) is 12.4 Å². The number of aromatic nitrogens is 2. The summed E-state index contributed by atoms with van der Waals surface area (Å²) < 4.78 is 4.38. The first-order valence-electron chi connectivity index (χ1n) is 4.05. The van der Waals surface area contributed by atoms with Crippen molar-refractivity contribution in [1.82, 2.24) is 9.55 Å². The molecule has 1 heterocycles. The van der Waals surface area contributed by atoms with Gasteiger partial charge in [0.15, 0.2) is 5.82 Å². The second kappa shape index (κ2) is 4.60. The molecule has 0 spiro atoms. The fraction of sp³-hybridized carbons (Fsp3) is 0.500. The first-order chi connectivity index (χ1) is 6.88. The Kier molecular flexibility index (Phi) is 3.87. The number of halogens is 3. The van der Waals surface area contributed by atoms with E-state index in [0.29, 0.717) is 0 Å². The summed E-state index contributed by atoms with van der Waals surface area (Å²) >= 11 is 17.1. The molecule has 0 N–H and O–H groups in total. The van der Waals surface area contributed by atoms with E-state index in [1.807, 2.05) is 0 Å². The van der Waals surface area contributed by atoms with E-state index < -0.39 is 15.8 Å². The second-order valence-electron chi connectivity index (χ2n) is 2.86. The Morgan fingerprint density at radius 2 is 2.20 bits per heavy atom. The van der Waals surface area contributed by atoms with Crippen LogP contribution in [-0.4, -0.2) is 22.6 Å². The van der Waals surface area contributed by atoms with Crippen LogP contribution in [0.3, 0.4) is 0 Å². The fourth-order valence-electron chi connectivity index (χ4n) is 1.13. The van der Waals surface area contributed by atoms with Crippen LogP contribution in [-0.2, 0) is 13.3 Å². The van der Waals surface area contributed by atoms with Gasteiger partial charge in [0.25, 0.3) is 0 Å². The van der Waals surface area contributed by atoms with Gasteiger partial charge in [0.2, 0.25) is 3.79 Å². The summed E-state index contributed by atoms with van der Waals surface area (Å²) in [5.74, 6) is -0.242. The number of alkyl halides is 3. The molecule has 0 fully saturated rings. The topological polar surface area (TPSA) is 44.1 Å². The minimum atomic E-state index is -1.66. The number of hydrogen-bond acceptors (Lipinski definition) is 3. The predicted octanol–water partition coefficient (Wildman–Crippen LogP) is 2.44. The van der Waals surface area contributed by atoms with Crippen molar-refractivity contribution in [1.29, 1.82) is 0 Å². The zero-order valence-corrected chi connectivity index (χ0v) is 10.3. The van der Waals surface area contributed by atoms with E-state index in [1.165, 1.54) is 17.9 Å². The molecule has 0 saturated heterocycles. The van der Waals surface area contributed by atoms with Crippen molar-refractivity contribution in [2.45, 2.75) is 16.8 Å². The van der Waals surface area contributed by atoms with Crippen LogP contribution in [0, 0.1) is 0 Å². The van der Waals surface area contributed by atoms with Crippen molar-refractivity contribution in [2.75, 3.05) is 7.11 Å². The molecule has 0 bridgehead atoms. The summed E-state index contributed by atoms with van der Waals surface area (Å²) in [6.45, 7) is 1.63. The molecule has 0 amide bonds. The Bertz CT molecular complexity index is 359. The van der Waals surface area contributed by atoms with Gasteiger partial charge in [-0.2, -0.15) is 0 Å². The highest BCUT2D eigenvalue weighted by atomic mass is 35.6. The van der Waals surface area contributed by atoms with Gasteiger partial charge in [-0.15, -0.1) is 0 Å². The normalized spacial score (nSPS) is 13.7. The Morgan fingerprint density at radius 3 is 2.67 bits per heavy atom. The Balaban J connectivity index is 3.05.